The molecule has 80 valence electrons. The first kappa shape index (κ1) is 11.0. The first-order valence-electron chi connectivity index (χ1n) is 4.63. The summed E-state index contributed by atoms with van der Waals surface area (Å²) < 4.78 is 0. The molecule has 1 fully saturated rings. The second kappa shape index (κ2) is 3.57. The van der Waals surface area contributed by atoms with Crippen LogP contribution < -0.4 is 11.1 Å². The number of carboxylic acid groups (broad SMARTS) is 1. The minimum atomic E-state index is -0.900. The smallest absolute Gasteiger partial charge is 0.307 e. The summed E-state index contributed by atoms with van der Waals surface area (Å²) in [6.45, 7) is 4.35. The number of hydrogen-bond donors (Lipinski definition) is 3. The average Bonchev–Trinajstić information content (AvgIpc) is 2.65. The van der Waals surface area contributed by atoms with Crippen LogP contribution in [-0.4, -0.2) is 30.1 Å². The molecule has 0 aromatic carbocycles. The Labute approximate surface area is 82.7 Å². The summed E-state index contributed by atoms with van der Waals surface area (Å²) in [5.74, 6) is -2.07. The molecule has 0 heterocycles. The van der Waals surface area contributed by atoms with Gasteiger partial charge >= 0.3 is 5.97 Å². The Hall–Kier alpha value is -1.10. The van der Waals surface area contributed by atoms with E-state index in [2.05, 4.69) is 5.32 Å². The molecule has 0 saturated heterocycles. The molecule has 0 radical (unpaired) electrons. The van der Waals surface area contributed by atoms with Crippen molar-refractivity contribution in [2.24, 2.45) is 23.0 Å². The summed E-state index contributed by atoms with van der Waals surface area (Å²) in [4.78, 5) is 22.2. The topological polar surface area (TPSA) is 92.4 Å². The summed E-state index contributed by atoms with van der Waals surface area (Å²) in [5, 5.41) is 11.4. The van der Waals surface area contributed by atoms with Gasteiger partial charge in [0, 0.05) is 13.1 Å². The zero-order valence-corrected chi connectivity index (χ0v) is 8.41. The Morgan fingerprint density at radius 2 is 2.00 bits per heavy atom. The van der Waals surface area contributed by atoms with Crippen LogP contribution in [0.3, 0.4) is 0 Å². The molecule has 5 heteroatoms. The molecule has 2 atom stereocenters. The highest BCUT2D eigenvalue weighted by Gasteiger charge is 2.65. The van der Waals surface area contributed by atoms with Crippen LogP contribution >= 0.6 is 0 Å². The minimum absolute atomic E-state index is 0.201. The van der Waals surface area contributed by atoms with Crippen molar-refractivity contribution in [2.75, 3.05) is 13.1 Å². The summed E-state index contributed by atoms with van der Waals surface area (Å²) in [6, 6.07) is 0. The monoisotopic (exact) mass is 200 g/mol. The third-order valence-corrected chi connectivity index (χ3v) is 2.82. The van der Waals surface area contributed by atoms with E-state index < -0.39 is 23.2 Å². The van der Waals surface area contributed by atoms with E-state index in [-0.39, 0.29) is 5.91 Å². The van der Waals surface area contributed by atoms with Crippen LogP contribution in [-0.2, 0) is 9.59 Å². The maximum atomic E-state index is 11.5. The van der Waals surface area contributed by atoms with Crippen molar-refractivity contribution in [3.63, 3.8) is 0 Å². The number of carbonyl (C=O) groups excluding carboxylic acids is 1. The van der Waals surface area contributed by atoms with Gasteiger partial charge in [-0.3, -0.25) is 9.59 Å². The third-order valence-electron chi connectivity index (χ3n) is 2.82. The van der Waals surface area contributed by atoms with E-state index in [9.17, 15) is 9.59 Å². The fourth-order valence-electron chi connectivity index (χ4n) is 1.89. The zero-order chi connectivity index (χ0) is 10.9. The van der Waals surface area contributed by atoms with E-state index in [0.29, 0.717) is 13.1 Å². The number of rotatable bonds is 4. The highest BCUT2D eigenvalue weighted by atomic mass is 16.4. The van der Waals surface area contributed by atoms with Crippen LogP contribution in [0.15, 0.2) is 0 Å². The lowest BCUT2D eigenvalue weighted by Crippen LogP contribution is -2.31. The number of carbonyl (C=O) groups is 2. The molecular weight excluding hydrogens is 184 g/mol. The Kier molecular flexibility index (Phi) is 2.80. The highest BCUT2D eigenvalue weighted by Crippen LogP contribution is 2.58. The van der Waals surface area contributed by atoms with E-state index in [1.807, 2.05) is 0 Å². The number of hydrogen-bond acceptors (Lipinski definition) is 3. The fraction of sp³-hybridized carbons (Fsp3) is 0.778. The molecular formula is C9H16N2O3. The predicted octanol–water partition coefficient (Wildman–Crippen LogP) is -0.582. The van der Waals surface area contributed by atoms with Crippen molar-refractivity contribution in [1.82, 2.24) is 5.32 Å². The third kappa shape index (κ3) is 1.72. The maximum absolute atomic E-state index is 11.5. The molecule has 0 aromatic rings. The quantitative estimate of drug-likeness (QED) is 0.566. The molecule has 1 amide bonds. The molecule has 1 aliphatic carbocycles. The molecule has 5 nitrogen and oxygen atoms in total. The van der Waals surface area contributed by atoms with Gasteiger partial charge in [0.1, 0.15) is 0 Å². The van der Waals surface area contributed by atoms with Gasteiger partial charge in [-0.05, 0) is 5.41 Å². The molecule has 1 aliphatic rings. The average molecular weight is 200 g/mol. The second-order valence-electron chi connectivity index (χ2n) is 4.19. The van der Waals surface area contributed by atoms with Crippen LogP contribution in [0.1, 0.15) is 13.8 Å². The summed E-state index contributed by atoms with van der Waals surface area (Å²) >= 11 is 0. The fourth-order valence-corrected chi connectivity index (χ4v) is 1.89. The van der Waals surface area contributed by atoms with Crippen molar-refractivity contribution in [3.05, 3.63) is 0 Å². The van der Waals surface area contributed by atoms with Crippen LogP contribution in [0.4, 0.5) is 0 Å². The largest absolute Gasteiger partial charge is 0.481 e. The second-order valence-corrected chi connectivity index (χ2v) is 4.19. The van der Waals surface area contributed by atoms with Crippen molar-refractivity contribution in [1.29, 1.82) is 0 Å². The summed E-state index contributed by atoms with van der Waals surface area (Å²) in [5.41, 5.74) is 4.80. The molecule has 2 unspecified atom stereocenters. The lowest BCUT2D eigenvalue weighted by atomic mass is 10.1. The Morgan fingerprint density at radius 1 is 1.43 bits per heavy atom. The normalized spacial score (nSPS) is 28.2. The predicted molar refractivity (Wildman–Crippen MR) is 50.5 cm³/mol. The Balaban J connectivity index is 2.55. The molecule has 0 bridgehead atoms. The summed E-state index contributed by atoms with van der Waals surface area (Å²) in [6.07, 6.45) is 0. The van der Waals surface area contributed by atoms with Crippen LogP contribution in [0.5, 0.6) is 0 Å². The van der Waals surface area contributed by atoms with Gasteiger partial charge in [-0.25, -0.2) is 0 Å². The Bertz CT molecular complexity index is 263. The molecule has 4 N–H and O–H groups in total. The molecule has 1 rings (SSSR count). The van der Waals surface area contributed by atoms with Crippen molar-refractivity contribution in [2.45, 2.75) is 13.8 Å². The van der Waals surface area contributed by atoms with E-state index in [4.69, 9.17) is 10.8 Å². The number of nitrogens with one attached hydrogen (secondary N) is 1. The molecule has 0 spiro atoms. The van der Waals surface area contributed by atoms with E-state index in [1.165, 1.54) is 0 Å². The SMILES string of the molecule is CC1(C)C(C(=O)O)C1C(=O)NCCN. The van der Waals surface area contributed by atoms with Gasteiger partial charge in [-0.15, -0.1) is 0 Å². The maximum Gasteiger partial charge on any atom is 0.307 e. The van der Waals surface area contributed by atoms with E-state index >= 15 is 0 Å². The minimum Gasteiger partial charge on any atom is -0.481 e. The van der Waals surface area contributed by atoms with Gasteiger partial charge in [0.05, 0.1) is 11.8 Å². The zero-order valence-electron chi connectivity index (χ0n) is 8.41. The Morgan fingerprint density at radius 3 is 2.36 bits per heavy atom. The summed E-state index contributed by atoms with van der Waals surface area (Å²) in [7, 11) is 0. The number of amides is 1. The van der Waals surface area contributed by atoms with E-state index in [1.54, 1.807) is 13.8 Å². The van der Waals surface area contributed by atoms with Crippen molar-refractivity contribution < 1.29 is 14.7 Å². The van der Waals surface area contributed by atoms with Crippen LogP contribution in [0.2, 0.25) is 0 Å². The lowest BCUT2D eigenvalue weighted by molar-refractivity contribution is -0.140. The van der Waals surface area contributed by atoms with Gasteiger partial charge in [0.2, 0.25) is 5.91 Å². The standard InChI is InChI=1S/C9H16N2O3/c1-9(2)5(6(9)8(13)14)7(12)11-4-3-10/h5-6H,3-4,10H2,1-2H3,(H,11,12)(H,13,14). The molecule has 0 aliphatic heterocycles. The lowest BCUT2D eigenvalue weighted by Gasteiger charge is -2.03. The molecule has 14 heavy (non-hydrogen) atoms. The van der Waals surface area contributed by atoms with Crippen LogP contribution in [0, 0.1) is 17.3 Å². The van der Waals surface area contributed by atoms with Gasteiger partial charge in [0.15, 0.2) is 0 Å². The number of carboxylic acids is 1. The number of aliphatic carboxylic acids is 1. The van der Waals surface area contributed by atoms with Crippen molar-refractivity contribution >= 4 is 11.9 Å². The van der Waals surface area contributed by atoms with Gasteiger partial charge in [0.25, 0.3) is 0 Å². The van der Waals surface area contributed by atoms with Gasteiger partial charge in [-0.2, -0.15) is 0 Å². The number of nitrogens with two attached hydrogens (primary N) is 1. The molecule has 0 aromatic heterocycles. The highest BCUT2D eigenvalue weighted by molar-refractivity contribution is 5.91. The van der Waals surface area contributed by atoms with Gasteiger partial charge in [-0.1, -0.05) is 13.8 Å². The van der Waals surface area contributed by atoms with Crippen molar-refractivity contribution in [3.8, 4) is 0 Å². The van der Waals surface area contributed by atoms with Gasteiger partial charge < -0.3 is 16.2 Å². The molecule has 1 saturated carbocycles. The van der Waals surface area contributed by atoms with E-state index in [0.717, 1.165) is 0 Å². The van der Waals surface area contributed by atoms with Crippen LogP contribution in [0.25, 0.3) is 0 Å². The first-order valence-corrected chi connectivity index (χ1v) is 4.63. The first-order chi connectivity index (χ1) is 6.42.